The highest BCUT2D eigenvalue weighted by atomic mass is 32.1. The molecule has 116 valence electrons. The molecule has 0 unspecified atom stereocenters. The molecular weight excluding hydrogens is 290 g/mol. The van der Waals surface area contributed by atoms with Gasteiger partial charge in [-0.15, -0.1) is 0 Å². The van der Waals surface area contributed by atoms with Gasteiger partial charge < -0.3 is 9.64 Å². The lowest BCUT2D eigenvalue weighted by molar-refractivity contribution is 0.0589. The topological polar surface area (TPSA) is 62.7 Å². The first-order chi connectivity index (χ1) is 9.60. The summed E-state index contributed by atoms with van der Waals surface area (Å²) in [6.45, 7) is 5.38. The van der Waals surface area contributed by atoms with Gasteiger partial charge >= 0.3 is 6.09 Å². The molecule has 0 aliphatic heterocycles. The van der Waals surface area contributed by atoms with Crippen molar-refractivity contribution < 1.29 is 14.3 Å². The molecule has 0 radical (unpaired) electrons. The van der Waals surface area contributed by atoms with Crippen LogP contribution in [0.5, 0.6) is 0 Å². The minimum atomic E-state index is -0.574. The van der Waals surface area contributed by atoms with Crippen LogP contribution < -0.4 is 4.90 Å². The van der Waals surface area contributed by atoms with Crippen molar-refractivity contribution >= 4 is 28.3 Å². The van der Waals surface area contributed by atoms with Gasteiger partial charge in [0.25, 0.3) is 0 Å². The van der Waals surface area contributed by atoms with Crippen LogP contribution in [0, 0.1) is 0 Å². The first-order valence-corrected chi connectivity index (χ1v) is 7.23. The van der Waals surface area contributed by atoms with Gasteiger partial charge in [0.2, 0.25) is 0 Å². The van der Waals surface area contributed by atoms with Crippen LogP contribution in [-0.4, -0.2) is 48.5 Å². The van der Waals surface area contributed by atoms with Gasteiger partial charge in [-0.25, -0.2) is 9.78 Å². The second-order valence-electron chi connectivity index (χ2n) is 5.69. The van der Waals surface area contributed by atoms with Gasteiger partial charge in [-0.1, -0.05) is 11.3 Å². The number of hydrogen-bond acceptors (Lipinski definition) is 6. The lowest BCUT2D eigenvalue weighted by atomic mass is 10.2. The highest BCUT2D eigenvalue weighted by Gasteiger charge is 2.22. The fourth-order valence-electron chi connectivity index (χ4n) is 1.24. The number of hydrogen-bond donors (Lipinski definition) is 0. The second-order valence-corrected chi connectivity index (χ2v) is 6.70. The average Bonchev–Trinajstić information content (AvgIpc) is 2.82. The Kier molecular flexibility index (Phi) is 5.48. The van der Waals surface area contributed by atoms with Crippen molar-refractivity contribution in [2.75, 3.05) is 26.0 Å². The van der Waals surface area contributed by atoms with Crippen LogP contribution in [-0.2, 0) is 4.74 Å². The lowest BCUT2D eigenvalue weighted by Gasteiger charge is -2.23. The van der Waals surface area contributed by atoms with Crippen molar-refractivity contribution in [3.05, 3.63) is 23.3 Å². The normalized spacial score (nSPS) is 11.5. The van der Waals surface area contributed by atoms with Gasteiger partial charge in [-0.2, -0.15) is 0 Å². The number of ether oxygens (including phenoxy) is 1. The smallest absolute Gasteiger partial charge is 0.416 e. The first kappa shape index (κ1) is 17.2. The molecule has 0 fully saturated rings. The molecule has 0 saturated carbocycles. The van der Waals surface area contributed by atoms with Gasteiger partial charge in [0.15, 0.2) is 10.9 Å². The minimum absolute atomic E-state index is 0.148. The molecule has 1 rings (SSSR count). The zero-order valence-corrected chi connectivity index (χ0v) is 14.0. The van der Waals surface area contributed by atoms with Gasteiger partial charge in [0.05, 0.1) is 11.1 Å². The zero-order valence-electron chi connectivity index (χ0n) is 13.2. The quantitative estimate of drug-likeness (QED) is 0.632. The Hall–Kier alpha value is -1.89. The first-order valence-electron chi connectivity index (χ1n) is 6.41. The molecule has 1 heterocycles. The standard InChI is InChI=1S/C14H21N3O3S/c1-14(2,3)20-13(19)17(6)12-15-9-11(21-12)10(18)7-8-16(4)5/h7-9H,1-6H3/b8-7+. The van der Waals surface area contributed by atoms with E-state index < -0.39 is 11.7 Å². The van der Waals surface area contributed by atoms with Crippen LogP contribution in [0.2, 0.25) is 0 Å². The Labute approximate surface area is 129 Å². The number of rotatable bonds is 4. The maximum absolute atomic E-state index is 11.9. The van der Waals surface area contributed by atoms with E-state index in [4.69, 9.17) is 4.74 Å². The summed E-state index contributed by atoms with van der Waals surface area (Å²) < 4.78 is 5.25. The maximum Gasteiger partial charge on any atom is 0.416 e. The Morgan fingerprint density at radius 3 is 2.43 bits per heavy atom. The second kappa shape index (κ2) is 6.71. The van der Waals surface area contributed by atoms with Crippen molar-refractivity contribution in [3.8, 4) is 0 Å². The molecule has 0 N–H and O–H groups in total. The third-order valence-corrected chi connectivity index (χ3v) is 3.30. The van der Waals surface area contributed by atoms with E-state index in [9.17, 15) is 9.59 Å². The number of carbonyl (C=O) groups is 2. The van der Waals surface area contributed by atoms with E-state index in [1.807, 2.05) is 14.1 Å². The number of allylic oxidation sites excluding steroid dienone is 1. The van der Waals surface area contributed by atoms with E-state index in [1.54, 1.807) is 38.9 Å². The zero-order chi connectivity index (χ0) is 16.2. The summed E-state index contributed by atoms with van der Waals surface area (Å²) in [7, 11) is 5.23. The lowest BCUT2D eigenvalue weighted by Crippen LogP contribution is -2.34. The summed E-state index contributed by atoms with van der Waals surface area (Å²) in [6.07, 6.45) is 4.09. The molecule has 0 aliphatic carbocycles. The monoisotopic (exact) mass is 311 g/mol. The molecule has 0 bridgehead atoms. The van der Waals surface area contributed by atoms with Crippen molar-refractivity contribution in [2.24, 2.45) is 0 Å². The van der Waals surface area contributed by atoms with E-state index >= 15 is 0 Å². The number of amides is 1. The Bertz CT molecular complexity index is 544. The number of aromatic nitrogens is 1. The SMILES string of the molecule is CN(C)/C=C/C(=O)c1cnc(N(C)C(=O)OC(C)(C)C)s1. The predicted molar refractivity (Wildman–Crippen MR) is 83.9 cm³/mol. The Morgan fingerprint density at radius 1 is 1.29 bits per heavy atom. The van der Waals surface area contributed by atoms with Crippen molar-refractivity contribution in [1.82, 2.24) is 9.88 Å². The third-order valence-electron chi connectivity index (χ3n) is 2.21. The molecule has 0 spiro atoms. The van der Waals surface area contributed by atoms with Crippen LogP contribution in [0.25, 0.3) is 0 Å². The van der Waals surface area contributed by atoms with E-state index in [0.29, 0.717) is 10.0 Å². The average molecular weight is 311 g/mol. The van der Waals surface area contributed by atoms with Crippen LogP contribution in [0.4, 0.5) is 9.93 Å². The van der Waals surface area contributed by atoms with Crippen molar-refractivity contribution in [2.45, 2.75) is 26.4 Å². The van der Waals surface area contributed by atoms with Gasteiger partial charge in [0, 0.05) is 33.4 Å². The fourth-order valence-corrected chi connectivity index (χ4v) is 2.03. The molecule has 0 aromatic carbocycles. The summed E-state index contributed by atoms with van der Waals surface area (Å²) in [5, 5.41) is 0.422. The molecule has 1 aromatic rings. The summed E-state index contributed by atoms with van der Waals surface area (Å²) in [6, 6.07) is 0. The Morgan fingerprint density at radius 2 is 1.90 bits per heavy atom. The molecule has 7 heteroatoms. The van der Waals surface area contributed by atoms with Crippen LogP contribution in [0.15, 0.2) is 18.5 Å². The van der Waals surface area contributed by atoms with Crippen molar-refractivity contribution in [3.63, 3.8) is 0 Å². The number of ketones is 1. The van der Waals surface area contributed by atoms with Gasteiger partial charge in [0.1, 0.15) is 5.60 Å². The van der Waals surface area contributed by atoms with Gasteiger partial charge in [-0.05, 0) is 20.8 Å². The number of nitrogens with zero attached hydrogens (tertiary/aromatic N) is 3. The summed E-state index contributed by atoms with van der Waals surface area (Å²) >= 11 is 1.15. The Balaban J connectivity index is 2.79. The third kappa shape index (κ3) is 5.55. The molecule has 1 amide bonds. The fraction of sp³-hybridized carbons (Fsp3) is 0.500. The molecule has 0 saturated heterocycles. The summed E-state index contributed by atoms with van der Waals surface area (Å²) in [4.78, 5) is 31.4. The molecule has 6 nitrogen and oxygen atoms in total. The van der Waals surface area contributed by atoms with Crippen molar-refractivity contribution in [1.29, 1.82) is 0 Å². The van der Waals surface area contributed by atoms with Crippen LogP contribution >= 0.6 is 11.3 Å². The highest BCUT2D eigenvalue weighted by molar-refractivity contribution is 7.17. The van der Waals surface area contributed by atoms with Gasteiger partial charge in [-0.3, -0.25) is 9.69 Å². The van der Waals surface area contributed by atoms with Crippen LogP contribution in [0.3, 0.4) is 0 Å². The predicted octanol–water partition coefficient (Wildman–Crippen LogP) is 2.77. The maximum atomic E-state index is 11.9. The highest BCUT2D eigenvalue weighted by Crippen LogP contribution is 2.23. The van der Waals surface area contributed by atoms with Crippen LogP contribution in [0.1, 0.15) is 30.4 Å². The number of thiazole rings is 1. The van der Waals surface area contributed by atoms with E-state index in [0.717, 1.165) is 11.3 Å². The number of anilines is 1. The number of carbonyl (C=O) groups excluding carboxylic acids is 2. The summed E-state index contributed by atoms with van der Waals surface area (Å²) in [5.74, 6) is -0.148. The molecule has 0 aliphatic rings. The molecule has 0 atom stereocenters. The minimum Gasteiger partial charge on any atom is -0.443 e. The largest absolute Gasteiger partial charge is 0.443 e. The van der Waals surface area contributed by atoms with E-state index in [-0.39, 0.29) is 5.78 Å². The van der Waals surface area contributed by atoms with E-state index in [2.05, 4.69) is 4.98 Å². The molecule has 1 aromatic heterocycles. The molecular formula is C14H21N3O3S. The van der Waals surface area contributed by atoms with E-state index in [1.165, 1.54) is 17.2 Å². The molecule has 21 heavy (non-hydrogen) atoms. The summed E-state index contributed by atoms with van der Waals surface area (Å²) in [5.41, 5.74) is -0.574.